The van der Waals surface area contributed by atoms with Gasteiger partial charge in [0.2, 0.25) is 5.91 Å². The second-order valence-electron chi connectivity index (χ2n) is 4.55. The van der Waals surface area contributed by atoms with Crippen LogP contribution in [-0.2, 0) is 6.54 Å². The first-order valence-corrected chi connectivity index (χ1v) is 6.46. The summed E-state index contributed by atoms with van der Waals surface area (Å²) in [5, 5.41) is 14.2. The van der Waals surface area contributed by atoms with E-state index in [1.807, 2.05) is 12.1 Å². The van der Waals surface area contributed by atoms with Crippen molar-refractivity contribution in [2.75, 3.05) is 12.4 Å². The number of methoxy groups -OCH3 is 1. The predicted molar refractivity (Wildman–Crippen MR) is 81.9 cm³/mol. The molecule has 0 heterocycles. The maximum absolute atomic E-state index is 11.1. The Morgan fingerprint density at radius 3 is 2.73 bits per heavy atom. The Labute approximate surface area is 126 Å². The molecule has 2 aromatic rings. The van der Waals surface area contributed by atoms with E-state index < -0.39 is 10.8 Å². The van der Waals surface area contributed by atoms with Crippen molar-refractivity contribution >= 4 is 17.3 Å². The van der Waals surface area contributed by atoms with E-state index in [0.717, 1.165) is 5.69 Å². The number of carbonyl (C=O) groups is 1. The van der Waals surface area contributed by atoms with Gasteiger partial charge in [-0.2, -0.15) is 0 Å². The van der Waals surface area contributed by atoms with E-state index in [1.54, 1.807) is 19.2 Å². The zero-order chi connectivity index (χ0) is 16.1. The summed E-state index contributed by atoms with van der Waals surface area (Å²) in [7, 11) is 1.56. The molecule has 0 radical (unpaired) electrons. The van der Waals surface area contributed by atoms with Crippen molar-refractivity contribution in [2.24, 2.45) is 5.73 Å². The van der Waals surface area contributed by atoms with Crippen molar-refractivity contribution in [2.45, 2.75) is 6.54 Å². The van der Waals surface area contributed by atoms with Crippen LogP contribution < -0.4 is 15.8 Å². The third-order valence-electron chi connectivity index (χ3n) is 3.12. The molecule has 2 rings (SSSR count). The van der Waals surface area contributed by atoms with Gasteiger partial charge in [0.05, 0.1) is 12.0 Å². The standard InChI is InChI=1S/C15H15N3O4/c1-22-13-4-2-3-12(8-13)17-9-11-6-5-10(15(16)19)7-14(11)18(20)21/h2-8,17H,9H2,1H3,(H2,16,19). The number of nitrogens with zero attached hydrogens (tertiary/aromatic N) is 1. The lowest BCUT2D eigenvalue weighted by molar-refractivity contribution is -0.385. The van der Waals surface area contributed by atoms with Crippen LogP contribution in [0.5, 0.6) is 5.75 Å². The van der Waals surface area contributed by atoms with Crippen molar-refractivity contribution in [1.82, 2.24) is 0 Å². The highest BCUT2D eigenvalue weighted by Crippen LogP contribution is 2.23. The Bertz CT molecular complexity index is 716. The van der Waals surface area contributed by atoms with E-state index in [9.17, 15) is 14.9 Å². The Morgan fingerprint density at radius 2 is 2.09 bits per heavy atom. The highest BCUT2D eigenvalue weighted by molar-refractivity contribution is 5.93. The second-order valence-corrected chi connectivity index (χ2v) is 4.55. The molecule has 0 fully saturated rings. The minimum absolute atomic E-state index is 0.108. The van der Waals surface area contributed by atoms with Crippen molar-refractivity contribution in [3.8, 4) is 5.75 Å². The lowest BCUT2D eigenvalue weighted by Gasteiger charge is -2.09. The fraction of sp³-hybridized carbons (Fsp3) is 0.133. The summed E-state index contributed by atoms with van der Waals surface area (Å²) in [6, 6.07) is 11.4. The fourth-order valence-electron chi connectivity index (χ4n) is 1.97. The van der Waals surface area contributed by atoms with Gasteiger partial charge in [0, 0.05) is 35.5 Å². The van der Waals surface area contributed by atoms with E-state index in [2.05, 4.69) is 5.32 Å². The number of nitro benzene ring substituents is 1. The van der Waals surface area contributed by atoms with Gasteiger partial charge in [0.1, 0.15) is 5.75 Å². The first-order valence-electron chi connectivity index (χ1n) is 6.46. The number of carbonyl (C=O) groups excluding carboxylic acids is 1. The van der Waals surface area contributed by atoms with Crippen LogP contribution in [0.1, 0.15) is 15.9 Å². The molecular formula is C15H15N3O4. The van der Waals surface area contributed by atoms with Crippen LogP contribution in [0.25, 0.3) is 0 Å². The average molecular weight is 301 g/mol. The molecular weight excluding hydrogens is 286 g/mol. The number of nitro groups is 1. The SMILES string of the molecule is COc1cccc(NCc2ccc(C(N)=O)cc2[N+](=O)[O-])c1. The highest BCUT2D eigenvalue weighted by Gasteiger charge is 2.16. The maximum Gasteiger partial charge on any atom is 0.275 e. The Hall–Kier alpha value is -3.09. The smallest absolute Gasteiger partial charge is 0.275 e. The van der Waals surface area contributed by atoms with Gasteiger partial charge in [-0.3, -0.25) is 14.9 Å². The molecule has 0 spiro atoms. The summed E-state index contributed by atoms with van der Waals surface area (Å²) < 4.78 is 5.11. The first kappa shape index (κ1) is 15.3. The summed E-state index contributed by atoms with van der Waals surface area (Å²) in [5.74, 6) is -0.0148. The Morgan fingerprint density at radius 1 is 1.32 bits per heavy atom. The normalized spacial score (nSPS) is 10.0. The molecule has 0 aliphatic rings. The van der Waals surface area contributed by atoms with Crippen LogP contribution in [0.15, 0.2) is 42.5 Å². The summed E-state index contributed by atoms with van der Waals surface area (Å²) >= 11 is 0. The van der Waals surface area contributed by atoms with E-state index in [0.29, 0.717) is 11.3 Å². The first-order chi connectivity index (χ1) is 10.5. The number of anilines is 1. The molecule has 0 aliphatic heterocycles. The summed E-state index contributed by atoms with van der Waals surface area (Å²) in [5.41, 5.74) is 6.33. The molecule has 1 amide bonds. The molecule has 7 heteroatoms. The minimum atomic E-state index is -0.699. The molecule has 0 atom stereocenters. The number of ether oxygens (including phenoxy) is 1. The van der Waals surface area contributed by atoms with Crippen molar-refractivity contribution < 1.29 is 14.5 Å². The monoisotopic (exact) mass is 301 g/mol. The summed E-state index contributed by atoms with van der Waals surface area (Å²) in [6.45, 7) is 0.239. The van der Waals surface area contributed by atoms with Crippen molar-refractivity contribution in [3.05, 3.63) is 63.7 Å². The van der Waals surface area contributed by atoms with E-state index >= 15 is 0 Å². The quantitative estimate of drug-likeness (QED) is 0.629. The van der Waals surface area contributed by atoms with Gasteiger partial charge in [0.15, 0.2) is 0 Å². The Kier molecular flexibility index (Phi) is 4.57. The van der Waals surface area contributed by atoms with Gasteiger partial charge in [-0.1, -0.05) is 6.07 Å². The van der Waals surface area contributed by atoms with Gasteiger partial charge in [-0.15, -0.1) is 0 Å². The zero-order valence-electron chi connectivity index (χ0n) is 11.9. The third-order valence-corrected chi connectivity index (χ3v) is 3.12. The number of primary amides is 1. The van der Waals surface area contributed by atoms with Gasteiger partial charge in [0.25, 0.3) is 5.69 Å². The number of benzene rings is 2. The lowest BCUT2D eigenvalue weighted by atomic mass is 10.1. The van der Waals surface area contributed by atoms with E-state index in [4.69, 9.17) is 10.5 Å². The average Bonchev–Trinajstić information content (AvgIpc) is 2.52. The van der Waals surface area contributed by atoms with Crippen LogP contribution in [0.3, 0.4) is 0 Å². The molecule has 0 aromatic heterocycles. The number of rotatable bonds is 6. The van der Waals surface area contributed by atoms with Crippen LogP contribution in [0, 0.1) is 10.1 Å². The molecule has 22 heavy (non-hydrogen) atoms. The van der Waals surface area contributed by atoms with Gasteiger partial charge < -0.3 is 15.8 Å². The molecule has 0 saturated carbocycles. The number of amides is 1. The molecule has 2 aromatic carbocycles. The predicted octanol–water partition coefficient (Wildman–Crippen LogP) is 2.31. The summed E-state index contributed by atoms with van der Waals surface area (Å²) in [6.07, 6.45) is 0. The largest absolute Gasteiger partial charge is 0.497 e. The summed E-state index contributed by atoms with van der Waals surface area (Å²) in [4.78, 5) is 21.7. The molecule has 114 valence electrons. The lowest BCUT2D eigenvalue weighted by Crippen LogP contribution is -2.12. The molecule has 7 nitrogen and oxygen atoms in total. The molecule has 0 bridgehead atoms. The third kappa shape index (κ3) is 3.51. The fourth-order valence-corrected chi connectivity index (χ4v) is 1.97. The Balaban J connectivity index is 2.21. The topological polar surface area (TPSA) is 107 Å². The second kappa shape index (κ2) is 6.57. The van der Waals surface area contributed by atoms with Crippen LogP contribution in [0.4, 0.5) is 11.4 Å². The number of nitrogens with two attached hydrogens (primary N) is 1. The van der Waals surface area contributed by atoms with Crippen LogP contribution in [0.2, 0.25) is 0 Å². The van der Waals surface area contributed by atoms with E-state index in [-0.39, 0.29) is 17.8 Å². The van der Waals surface area contributed by atoms with Crippen molar-refractivity contribution in [1.29, 1.82) is 0 Å². The van der Waals surface area contributed by atoms with Gasteiger partial charge >= 0.3 is 0 Å². The highest BCUT2D eigenvalue weighted by atomic mass is 16.6. The molecule has 0 aliphatic carbocycles. The van der Waals surface area contributed by atoms with Crippen LogP contribution >= 0.6 is 0 Å². The molecule has 0 saturated heterocycles. The molecule has 3 N–H and O–H groups in total. The number of hydrogen-bond donors (Lipinski definition) is 2. The number of hydrogen-bond acceptors (Lipinski definition) is 5. The minimum Gasteiger partial charge on any atom is -0.497 e. The van der Waals surface area contributed by atoms with Gasteiger partial charge in [-0.25, -0.2) is 0 Å². The van der Waals surface area contributed by atoms with Crippen LogP contribution in [-0.4, -0.2) is 17.9 Å². The molecule has 0 unspecified atom stereocenters. The van der Waals surface area contributed by atoms with Crippen molar-refractivity contribution in [3.63, 3.8) is 0 Å². The maximum atomic E-state index is 11.1. The van der Waals surface area contributed by atoms with Gasteiger partial charge in [-0.05, 0) is 24.3 Å². The van der Waals surface area contributed by atoms with E-state index in [1.165, 1.54) is 18.2 Å². The zero-order valence-corrected chi connectivity index (χ0v) is 11.9. The number of nitrogens with one attached hydrogen (secondary N) is 1.